The number of ether oxygens (including phenoxy) is 1. The van der Waals surface area contributed by atoms with E-state index in [0.717, 1.165) is 5.56 Å². The number of nitriles is 1. The van der Waals surface area contributed by atoms with Crippen molar-refractivity contribution in [1.29, 1.82) is 5.26 Å². The Bertz CT molecular complexity index is 633. The molecule has 0 spiro atoms. The minimum atomic E-state index is -0.584. The van der Waals surface area contributed by atoms with Crippen molar-refractivity contribution >= 4 is 5.69 Å². The SMILES string of the molecule is N#Cc1cc(OCc2ccccc2)ccc1[N+](=O)[O-]. The van der Waals surface area contributed by atoms with Crippen molar-refractivity contribution in [2.24, 2.45) is 0 Å². The number of nitrogens with zero attached hydrogens (tertiary/aromatic N) is 2. The lowest BCUT2D eigenvalue weighted by atomic mass is 10.2. The molecule has 0 aliphatic heterocycles. The zero-order chi connectivity index (χ0) is 13.7. The Morgan fingerprint density at radius 1 is 1.21 bits per heavy atom. The predicted molar refractivity (Wildman–Crippen MR) is 68.6 cm³/mol. The van der Waals surface area contributed by atoms with Crippen LogP contribution in [0, 0.1) is 21.4 Å². The van der Waals surface area contributed by atoms with E-state index < -0.39 is 4.92 Å². The lowest BCUT2D eigenvalue weighted by Gasteiger charge is -2.06. The number of nitro benzene ring substituents is 1. The van der Waals surface area contributed by atoms with Gasteiger partial charge in [-0.15, -0.1) is 0 Å². The van der Waals surface area contributed by atoms with Crippen LogP contribution in [0.15, 0.2) is 48.5 Å². The molecule has 0 fully saturated rings. The molecule has 5 nitrogen and oxygen atoms in total. The van der Waals surface area contributed by atoms with Gasteiger partial charge in [-0.05, 0) is 11.6 Å². The fraction of sp³-hybridized carbons (Fsp3) is 0.0714. The molecule has 0 aliphatic rings. The summed E-state index contributed by atoms with van der Waals surface area (Å²) in [5.74, 6) is 0.436. The molecule has 0 saturated heterocycles. The van der Waals surface area contributed by atoms with Gasteiger partial charge in [-0.25, -0.2) is 0 Å². The largest absolute Gasteiger partial charge is 0.489 e. The van der Waals surface area contributed by atoms with Crippen molar-refractivity contribution in [3.05, 3.63) is 69.8 Å². The van der Waals surface area contributed by atoms with Crippen LogP contribution in [-0.4, -0.2) is 4.92 Å². The highest BCUT2D eigenvalue weighted by Gasteiger charge is 2.14. The average Bonchev–Trinajstić information content (AvgIpc) is 2.45. The number of hydrogen-bond donors (Lipinski definition) is 0. The molecule has 2 aromatic carbocycles. The molecule has 0 heterocycles. The first kappa shape index (κ1) is 12.6. The second-order valence-electron chi connectivity index (χ2n) is 3.82. The van der Waals surface area contributed by atoms with Crippen LogP contribution in [0.1, 0.15) is 11.1 Å². The van der Waals surface area contributed by atoms with E-state index in [1.165, 1.54) is 18.2 Å². The van der Waals surface area contributed by atoms with Crippen molar-refractivity contribution in [3.8, 4) is 11.8 Å². The third kappa shape index (κ3) is 3.07. The van der Waals surface area contributed by atoms with E-state index in [0.29, 0.717) is 12.4 Å². The van der Waals surface area contributed by atoms with E-state index in [1.54, 1.807) is 6.07 Å². The van der Waals surface area contributed by atoms with E-state index in [-0.39, 0.29) is 11.3 Å². The van der Waals surface area contributed by atoms with Crippen LogP contribution >= 0.6 is 0 Å². The van der Waals surface area contributed by atoms with Crippen molar-refractivity contribution in [3.63, 3.8) is 0 Å². The Labute approximate surface area is 109 Å². The molecule has 0 N–H and O–H groups in total. The normalized spacial score (nSPS) is 9.63. The van der Waals surface area contributed by atoms with Gasteiger partial charge in [0.1, 0.15) is 24.0 Å². The molecular weight excluding hydrogens is 244 g/mol. The van der Waals surface area contributed by atoms with Crippen molar-refractivity contribution < 1.29 is 9.66 Å². The smallest absolute Gasteiger partial charge is 0.287 e. The van der Waals surface area contributed by atoms with Crippen LogP contribution in [0.3, 0.4) is 0 Å². The maximum atomic E-state index is 10.7. The van der Waals surface area contributed by atoms with Crippen LogP contribution < -0.4 is 4.74 Å². The van der Waals surface area contributed by atoms with E-state index in [2.05, 4.69) is 0 Å². The molecule has 0 atom stereocenters. The quantitative estimate of drug-likeness (QED) is 0.620. The van der Waals surface area contributed by atoms with Gasteiger partial charge in [0, 0.05) is 12.1 Å². The van der Waals surface area contributed by atoms with Gasteiger partial charge in [-0.3, -0.25) is 10.1 Å². The molecule has 0 amide bonds. The Kier molecular flexibility index (Phi) is 3.74. The summed E-state index contributed by atoms with van der Waals surface area (Å²) in [6, 6.07) is 15.5. The second-order valence-corrected chi connectivity index (χ2v) is 3.82. The summed E-state index contributed by atoms with van der Waals surface area (Å²) in [6.45, 7) is 0.351. The Balaban J connectivity index is 2.14. The maximum absolute atomic E-state index is 10.7. The Hall–Kier alpha value is -2.87. The van der Waals surface area contributed by atoms with Gasteiger partial charge < -0.3 is 4.74 Å². The summed E-state index contributed by atoms with van der Waals surface area (Å²) in [5.41, 5.74) is 0.768. The predicted octanol–water partition coefficient (Wildman–Crippen LogP) is 3.05. The first-order chi connectivity index (χ1) is 9.20. The summed E-state index contributed by atoms with van der Waals surface area (Å²) in [7, 11) is 0. The summed E-state index contributed by atoms with van der Waals surface area (Å²) < 4.78 is 5.50. The molecule has 2 rings (SSSR count). The average molecular weight is 254 g/mol. The van der Waals surface area contributed by atoms with Gasteiger partial charge in [0.2, 0.25) is 0 Å². The second kappa shape index (κ2) is 5.65. The Morgan fingerprint density at radius 2 is 1.95 bits per heavy atom. The molecule has 19 heavy (non-hydrogen) atoms. The van der Waals surface area contributed by atoms with Gasteiger partial charge in [0.15, 0.2) is 0 Å². The molecule has 94 valence electrons. The molecule has 0 aliphatic carbocycles. The minimum absolute atomic E-state index is 0.00411. The third-order valence-electron chi connectivity index (χ3n) is 2.53. The first-order valence-corrected chi connectivity index (χ1v) is 5.56. The van der Waals surface area contributed by atoms with Crippen LogP contribution in [0.25, 0.3) is 0 Å². The third-order valence-corrected chi connectivity index (χ3v) is 2.53. The zero-order valence-electron chi connectivity index (χ0n) is 9.95. The van der Waals surface area contributed by atoms with Crippen LogP contribution in [0.5, 0.6) is 5.75 Å². The highest BCUT2D eigenvalue weighted by molar-refractivity contribution is 5.52. The highest BCUT2D eigenvalue weighted by atomic mass is 16.6. The number of nitro groups is 1. The van der Waals surface area contributed by atoms with Crippen LogP contribution in [0.4, 0.5) is 5.69 Å². The van der Waals surface area contributed by atoms with E-state index >= 15 is 0 Å². The first-order valence-electron chi connectivity index (χ1n) is 5.56. The maximum Gasteiger partial charge on any atom is 0.287 e. The topological polar surface area (TPSA) is 76.2 Å². The monoisotopic (exact) mass is 254 g/mol. The van der Waals surface area contributed by atoms with Crippen LogP contribution in [0.2, 0.25) is 0 Å². The van der Waals surface area contributed by atoms with E-state index in [4.69, 9.17) is 10.00 Å². The summed E-state index contributed by atoms with van der Waals surface area (Å²) in [6.07, 6.45) is 0. The molecule has 0 saturated carbocycles. The number of hydrogen-bond acceptors (Lipinski definition) is 4. The van der Waals surface area contributed by atoms with Gasteiger partial charge in [0.05, 0.1) is 4.92 Å². The fourth-order valence-corrected chi connectivity index (χ4v) is 1.59. The molecule has 0 aromatic heterocycles. The molecule has 0 unspecified atom stereocenters. The van der Waals surface area contributed by atoms with E-state index in [9.17, 15) is 10.1 Å². The molecule has 5 heteroatoms. The van der Waals surface area contributed by atoms with E-state index in [1.807, 2.05) is 30.3 Å². The molecule has 0 radical (unpaired) electrons. The lowest BCUT2D eigenvalue weighted by molar-refractivity contribution is -0.385. The van der Waals surface area contributed by atoms with Gasteiger partial charge >= 0.3 is 0 Å². The number of benzene rings is 2. The fourth-order valence-electron chi connectivity index (χ4n) is 1.59. The molecule has 0 bridgehead atoms. The van der Waals surface area contributed by atoms with Crippen molar-refractivity contribution in [2.45, 2.75) is 6.61 Å². The van der Waals surface area contributed by atoms with Gasteiger partial charge in [-0.1, -0.05) is 30.3 Å². The van der Waals surface area contributed by atoms with Crippen molar-refractivity contribution in [2.75, 3.05) is 0 Å². The minimum Gasteiger partial charge on any atom is -0.489 e. The summed E-state index contributed by atoms with van der Waals surface area (Å²) >= 11 is 0. The summed E-state index contributed by atoms with van der Waals surface area (Å²) in [5, 5.41) is 19.6. The van der Waals surface area contributed by atoms with Crippen LogP contribution in [-0.2, 0) is 6.61 Å². The standard InChI is InChI=1S/C14H10N2O3/c15-9-12-8-13(6-7-14(12)16(17)18)19-10-11-4-2-1-3-5-11/h1-8H,10H2. The lowest BCUT2D eigenvalue weighted by Crippen LogP contribution is -1.97. The van der Waals surface area contributed by atoms with Gasteiger partial charge in [-0.2, -0.15) is 5.26 Å². The summed E-state index contributed by atoms with van der Waals surface area (Å²) in [4.78, 5) is 10.1. The molecule has 2 aromatic rings. The number of rotatable bonds is 4. The zero-order valence-corrected chi connectivity index (χ0v) is 9.95. The highest BCUT2D eigenvalue weighted by Crippen LogP contribution is 2.23. The molecular formula is C14H10N2O3. The Morgan fingerprint density at radius 3 is 2.58 bits per heavy atom. The van der Waals surface area contributed by atoms with Gasteiger partial charge in [0.25, 0.3) is 5.69 Å². The van der Waals surface area contributed by atoms with Crippen molar-refractivity contribution in [1.82, 2.24) is 0 Å².